The van der Waals surface area contributed by atoms with Gasteiger partial charge in [-0.3, -0.25) is 4.79 Å². The third-order valence-corrected chi connectivity index (χ3v) is 3.75. The molecule has 1 aromatic rings. The summed E-state index contributed by atoms with van der Waals surface area (Å²) in [5.41, 5.74) is 6.23. The number of nitrogen functional groups attached to an aromatic ring is 1. The van der Waals surface area contributed by atoms with E-state index in [4.69, 9.17) is 15.2 Å². The summed E-state index contributed by atoms with van der Waals surface area (Å²) in [6.45, 7) is 2.77. The lowest BCUT2D eigenvalue weighted by Gasteiger charge is -2.10. The Kier molecular flexibility index (Phi) is 6.23. The predicted octanol–water partition coefficient (Wildman–Crippen LogP) is 0.970. The first-order chi connectivity index (χ1) is 9.74. The zero-order valence-electron chi connectivity index (χ0n) is 11.5. The molecule has 1 aliphatic rings. The average Bonchev–Trinajstić information content (AvgIpc) is 3.05. The molecule has 2 heterocycles. The highest BCUT2D eigenvalue weighted by Crippen LogP contribution is 2.12. The Bertz CT molecular complexity index is 419. The van der Waals surface area contributed by atoms with Crippen molar-refractivity contribution in [2.75, 3.05) is 32.1 Å². The normalized spacial score (nSPS) is 18.3. The number of rotatable bonds is 8. The summed E-state index contributed by atoms with van der Waals surface area (Å²) in [5, 5.41) is 5.14. The maximum absolute atomic E-state index is 11.6. The second-order valence-electron chi connectivity index (χ2n) is 4.77. The maximum Gasteiger partial charge on any atom is 0.226 e. The summed E-state index contributed by atoms with van der Waals surface area (Å²) in [6, 6.07) is 0. The van der Waals surface area contributed by atoms with Gasteiger partial charge >= 0.3 is 0 Å². The Balaban J connectivity index is 1.47. The summed E-state index contributed by atoms with van der Waals surface area (Å²) in [4.78, 5) is 15.7. The van der Waals surface area contributed by atoms with Crippen LogP contribution >= 0.6 is 11.3 Å². The molecule has 1 unspecified atom stereocenters. The second-order valence-corrected chi connectivity index (χ2v) is 5.66. The van der Waals surface area contributed by atoms with Crippen LogP contribution in [0.4, 0.5) is 5.13 Å². The summed E-state index contributed by atoms with van der Waals surface area (Å²) in [7, 11) is 0. The fourth-order valence-electron chi connectivity index (χ4n) is 2.02. The summed E-state index contributed by atoms with van der Waals surface area (Å²) in [5.74, 6) is -0.0329. The van der Waals surface area contributed by atoms with Gasteiger partial charge in [-0.25, -0.2) is 4.98 Å². The largest absolute Gasteiger partial charge is 0.379 e. The Labute approximate surface area is 122 Å². The third kappa shape index (κ3) is 5.44. The molecule has 0 bridgehead atoms. The fourth-order valence-corrected chi connectivity index (χ4v) is 2.59. The Morgan fingerprint density at radius 1 is 1.65 bits per heavy atom. The number of hydrogen-bond donors (Lipinski definition) is 2. The lowest BCUT2D eigenvalue weighted by Crippen LogP contribution is -2.27. The number of ether oxygens (including phenoxy) is 2. The van der Waals surface area contributed by atoms with E-state index in [2.05, 4.69) is 10.3 Å². The highest BCUT2D eigenvalue weighted by Gasteiger charge is 2.14. The number of amides is 1. The highest BCUT2D eigenvalue weighted by atomic mass is 32.1. The summed E-state index contributed by atoms with van der Waals surface area (Å²) < 4.78 is 11.0. The van der Waals surface area contributed by atoms with Gasteiger partial charge in [0, 0.05) is 25.1 Å². The van der Waals surface area contributed by atoms with Crippen LogP contribution in [0, 0.1) is 0 Å². The van der Waals surface area contributed by atoms with E-state index in [0.717, 1.165) is 31.6 Å². The van der Waals surface area contributed by atoms with Crippen molar-refractivity contribution in [3.63, 3.8) is 0 Å². The number of hydrogen-bond acceptors (Lipinski definition) is 6. The molecule has 2 rings (SSSR count). The topological polar surface area (TPSA) is 86.5 Å². The van der Waals surface area contributed by atoms with Gasteiger partial charge in [0.15, 0.2) is 5.13 Å². The molecule has 0 radical (unpaired) electrons. The van der Waals surface area contributed by atoms with Gasteiger partial charge < -0.3 is 20.5 Å². The van der Waals surface area contributed by atoms with Gasteiger partial charge in [-0.1, -0.05) is 0 Å². The minimum Gasteiger partial charge on any atom is -0.379 e. The van der Waals surface area contributed by atoms with Crippen LogP contribution in [-0.4, -0.2) is 43.4 Å². The molecule has 0 aromatic carbocycles. The zero-order valence-corrected chi connectivity index (χ0v) is 12.3. The monoisotopic (exact) mass is 299 g/mol. The van der Waals surface area contributed by atoms with Gasteiger partial charge in [-0.05, 0) is 19.3 Å². The number of carbonyl (C=O) groups excluding carboxylic acids is 1. The van der Waals surface area contributed by atoms with Crippen molar-refractivity contribution in [1.29, 1.82) is 0 Å². The second kappa shape index (κ2) is 8.18. The van der Waals surface area contributed by atoms with Crippen LogP contribution in [0.2, 0.25) is 0 Å². The third-order valence-electron chi connectivity index (χ3n) is 3.03. The molecule has 1 atom stereocenters. The van der Waals surface area contributed by atoms with E-state index in [0.29, 0.717) is 24.9 Å². The van der Waals surface area contributed by atoms with Gasteiger partial charge in [-0.15, -0.1) is 11.3 Å². The van der Waals surface area contributed by atoms with Crippen molar-refractivity contribution in [1.82, 2.24) is 10.3 Å². The number of nitrogens with zero attached hydrogens (tertiary/aromatic N) is 1. The average molecular weight is 299 g/mol. The molecule has 1 aliphatic heterocycles. The van der Waals surface area contributed by atoms with Crippen LogP contribution in [-0.2, 0) is 20.7 Å². The molecule has 0 spiro atoms. The highest BCUT2D eigenvalue weighted by molar-refractivity contribution is 7.13. The molecular weight excluding hydrogens is 278 g/mol. The first-order valence-electron chi connectivity index (χ1n) is 6.90. The van der Waals surface area contributed by atoms with Crippen LogP contribution in [0.25, 0.3) is 0 Å². The van der Waals surface area contributed by atoms with E-state index in [1.807, 2.05) is 0 Å². The van der Waals surface area contributed by atoms with Crippen LogP contribution in [0.3, 0.4) is 0 Å². The standard InChI is InChI=1S/C13H21N3O3S/c14-13-16-10(9-20-13)7-12(17)15-4-2-5-18-8-11-3-1-6-19-11/h9,11H,1-8H2,(H2,14,16)(H,15,17). The van der Waals surface area contributed by atoms with Gasteiger partial charge in [0.1, 0.15) is 0 Å². The molecule has 1 aromatic heterocycles. The number of aromatic nitrogens is 1. The fraction of sp³-hybridized carbons (Fsp3) is 0.692. The number of nitrogens with one attached hydrogen (secondary N) is 1. The molecule has 7 heteroatoms. The first kappa shape index (κ1) is 15.2. The van der Waals surface area contributed by atoms with Crippen molar-refractivity contribution >= 4 is 22.4 Å². The molecule has 0 saturated carbocycles. The van der Waals surface area contributed by atoms with E-state index in [9.17, 15) is 4.79 Å². The van der Waals surface area contributed by atoms with Crippen molar-refractivity contribution in [2.45, 2.75) is 31.8 Å². The predicted molar refractivity (Wildman–Crippen MR) is 77.7 cm³/mol. The first-order valence-corrected chi connectivity index (χ1v) is 7.78. The molecule has 1 amide bonds. The van der Waals surface area contributed by atoms with Gasteiger partial charge in [0.05, 0.1) is 24.8 Å². The van der Waals surface area contributed by atoms with E-state index in [-0.39, 0.29) is 18.4 Å². The molecule has 6 nitrogen and oxygen atoms in total. The van der Waals surface area contributed by atoms with E-state index < -0.39 is 0 Å². The van der Waals surface area contributed by atoms with Crippen molar-refractivity contribution in [3.8, 4) is 0 Å². The Hall–Kier alpha value is -1.18. The number of thiazole rings is 1. The van der Waals surface area contributed by atoms with Gasteiger partial charge in [-0.2, -0.15) is 0 Å². The Morgan fingerprint density at radius 3 is 3.25 bits per heavy atom. The van der Waals surface area contributed by atoms with Crippen molar-refractivity contribution in [2.24, 2.45) is 0 Å². The quantitative estimate of drug-likeness (QED) is 0.699. The molecule has 20 heavy (non-hydrogen) atoms. The van der Waals surface area contributed by atoms with E-state index >= 15 is 0 Å². The van der Waals surface area contributed by atoms with Gasteiger partial charge in [0.2, 0.25) is 5.91 Å². The number of carbonyl (C=O) groups is 1. The van der Waals surface area contributed by atoms with E-state index in [1.165, 1.54) is 11.3 Å². The van der Waals surface area contributed by atoms with E-state index in [1.54, 1.807) is 5.38 Å². The van der Waals surface area contributed by atoms with Crippen LogP contribution in [0.15, 0.2) is 5.38 Å². The minimum atomic E-state index is -0.0329. The molecule has 112 valence electrons. The van der Waals surface area contributed by atoms with Crippen LogP contribution in [0.1, 0.15) is 25.0 Å². The molecule has 1 saturated heterocycles. The smallest absolute Gasteiger partial charge is 0.226 e. The number of anilines is 1. The molecular formula is C13H21N3O3S. The van der Waals surface area contributed by atoms with Crippen LogP contribution < -0.4 is 11.1 Å². The minimum absolute atomic E-state index is 0.0329. The van der Waals surface area contributed by atoms with Crippen molar-refractivity contribution in [3.05, 3.63) is 11.1 Å². The lowest BCUT2D eigenvalue weighted by atomic mass is 10.2. The molecule has 1 fully saturated rings. The zero-order chi connectivity index (χ0) is 14.2. The van der Waals surface area contributed by atoms with Crippen LogP contribution in [0.5, 0.6) is 0 Å². The lowest BCUT2D eigenvalue weighted by molar-refractivity contribution is -0.120. The molecule has 3 N–H and O–H groups in total. The summed E-state index contributed by atoms with van der Waals surface area (Å²) in [6.07, 6.45) is 3.57. The van der Waals surface area contributed by atoms with Gasteiger partial charge in [0.25, 0.3) is 0 Å². The number of nitrogens with two attached hydrogens (primary N) is 1. The maximum atomic E-state index is 11.6. The SMILES string of the molecule is Nc1nc(CC(=O)NCCCOCC2CCCO2)cs1. The Morgan fingerprint density at radius 2 is 2.55 bits per heavy atom. The molecule has 0 aliphatic carbocycles. The summed E-state index contributed by atoms with van der Waals surface area (Å²) >= 11 is 1.35. The van der Waals surface area contributed by atoms with Crippen molar-refractivity contribution < 1.29 is 14.3 Å².